The number of carbonyl (C=O) groups excluding carboxylic acids is 1. The lowest BCUT2D eigenvalue weighted by Gasteiger charge is -2.39. The maximum absolute atomic E-state index is 13.4. The van der Waals surface area contributed by atoms with Crippen molar-refractivity contribution in [2.45, 2.75) is 102 Å². The van der Waals surface area contributed by atoms with Crippen LogP contribution < -0.4 is 14.8 Å². The lowest BCUT2D eigenvalue weighted by molar-refractivity contribution is -0.115. The second-order valence-electron chi connectivity index (χ2n) is 18.3. The molecule has 6 aromatic rings. The highest BCUT2D eigenvalue weighted by atomic mass is 31.2. The Morgan fingerprint density at radius 3 is 2.05 bits per heavy atom. The Morgan fingerprint density at radius 1 is 0.808 bits per heavy atom. The van der Waals surface area contributed by atoms with Crippen LogP contribution in [0.5, 0.6) is 11.5 Å². The summed E-state index contributed by atoms with van der Waals surface area (Å²) in [6.45, 7) is 8.97. The Labute approximate surface area is 431 Å². The fourth-order valence-corrected chi connectivity index (χ4v) is 11.1. The number of anilines is 1. The average Bonchev–Trinajstić information content (AvgIpc) is 4.17. The minimum Gasteiger partial charge on any atom is -0.497 e. The van der Waals surface area contributed by atoms with E-state index in [4.69, 9.17) is 42.7 Å². The van der Waals surface area contributed by atoms with E-state index in [1.54, 1.807) is 20.5 Å². The Bertz CT molecular complexity index is 2620. The molecule has 5 atom stereocenters. The van der Waals surface area contributed by atoms with Crippen LogP contribution in [0.25, 0.3) is 11.2 Å². The van der Waals surface area contributed by atoms with Gasteiger partial charge in [0.2, 0.25) is 5.91 Å². The molecule has 5 radical (unpaired) electrons. The molecule has 1 saturated carbocycles. The summed E-state index contributed by atoms with van der Waals surface area (Å²) in [6, 6.07) is 37.6. The number of methoxy groups -OCH3 is 2. The molecule has 8 rings (SSSR count). The number of nitrogens with zero attached hydrogens (tertiary/aromatic N) is 6. The first kappa shape index (κ1) is 53.5. The van der Waals surface area contributed by atoms with Crippen LogP contribution in [0.15, 0.2) is 122 Å². The molecule has 1 aliphatic carbocycles. The number of hydrogen-bond donors (Lipinski definition) is 1. The van der Waals surface area contributed by atoms with Gasteiger partial charge in [-0.15, -0.1) is 0 Å². The highest BCUT2D eigenvalue weighted by Gasteiger charge is 2.52. The molecule has 15 nitrogen and oxygen atoms in total. The van der Waals surface area contributed by atoms with Gasteiger partial charge in [-0.1, -0.05) is 91.3 Å². The van der Waals surface area contributed by atoms with Crippen molar-refractivity contribution in [2.24, 2.45) is 0 Å². The Morgan fingerprint density at radius 2 is 1.44 bits per heavy atom. The molecule has 2 aromatic heterocycles. The summed E-state index contributed by atoms with van der Waals surface area (Å²) < 4.78 is 51.2. The van der Waals surface area contributed by atoms with E-state index in [-0.39, 0.29) is 49.9 Å². The van der Waals surface area contributed by atoms with Crippen LogP contribution in [0.1, 0.15) is 81.9 Å². The number of ether oxygens (including phenoxy) is 5. The number of nitriles is 1. The van der Waals surface area contributed by atoms with Gasteiger partial charge in [0.25, 0.3) is 8.53 Å². The van der Waals surface area contributed by atoms with Gasteiger partial charge in [-0.2, -0.15) is 5.26 Å². The van der Waals surface area contributed by atoms with Crippen LogP contribution in [0, 0.1) is 42.9 Å². The molecule has 2 aliphatic rings. The van der Waals surface area contributed by atoms with Crippen molar-refractivity contribution in [1.29, 1.82) is 5.26 Å². The molecule has 2 fully saturated rings. The summed E-state index contributed by atoms with van der Waals surface area (Å²) in [6.07, 6.45) is 11.1. The molecule has 381 valence electrons. The predicted molar refractivity (Wildman–Crippen MR) is 280 cm³/mol. The molecule has 1 amide bonds. The second-order valence-corrected chi connectivity index (χ2v) is 19.7. The zero-order valence-corrected chi connectivity index (χ0v) is 43.3. The van der Waals surface area contributed by atoms with Gasteiger partial charge in [-0.25, -0.2) is 19.6 Å². The van der Waals surface area contributed by atoms with Gasteiger partial charge >= 0.3 is 0 Å². The van der Waals surface area contributed by atoms with Crippen molar-refractivity contribution in [3.05, 3.63) is 176 Å². The van der Waals surface area contributed by atoms with Crippen LogP contribution >= 0.6 is 8.53 Å². The highest BCUT2D eigenvalue weighted by Crippen LogP contribution is 2.52. The van der Waals surface area contributed by atoms with Crippen molar-refractivity contribution in [1.82, 2.24) is 24.2 Å². The van der Waals surface area contributed by atoms with Gasteiger partial charge in [0.15, 0.2) is 23.2 Å². The lowest BCUT2D eigenvalue weighted by Crippen LogP contribution is -2.43. The molecular weight excluding hydrogens is 942 g/mol. The number of fused-ring (bicyclic) bond motifs is 1. The molecule has 3 heterocycles. The summed E-state index contributed by atoms with van der Waals surface area (Å²) in [5.41, 5.74) is 3.05. The molecular formula is C57H65N7O8P. The van der Waals surface area contributed by atoms with Crippen LogP contribution in [0.4, 0.5) is 5.82 Å². The van der Waals surface area contributed by atoms with Crippen molar-refractivity contribution in [3.8, 4) is 17.6 Å². The standard InChI is InChI=1S/C57H65N7O8P/c1-40(2)64(41(3)4)73(70-35-17-33-58)72-52-49(37-69-57(44-23-11-8-12-24-44,45-25-29-47(66-5)30-26-45)46-27-31-48(67-6)32-28-46)71-56(53(52)68-34-16-15-20-42-18-13-14-19-42)63-39-61-51-54(59-38-60-55(51)63)62-50(65)36-43-21-9-7-10-22-43/h7-14,18-19,21-32,38-41,49,52-53,56H,15-17,20,34-37H2,1-6H3,(H,59,60,62,65)/t49-,52-,53-,56-,73?/m1/s1. The van der Waals surface area contributed by atoms with E-state index in [0.717, 1.165) is 41.5 Å². The summed E-state index contributed by atoms with van der Waals surface area (Å²) in [5.74, 6) is 2.70. The Kier molecular flexibility index (Phi) is 19.0. The normalized spacial score (nSPS) is 18.7. The Balaban J connectivity index is 1.22. The quantitative estimate of drug-likeness (QED) is 0.0310. The highest BCUT2D eigenvalue weighted by molar-refractivity contribution is 7.44. The molecule has 1 unspecified atom stereocenters. The minimum atomic E-state index is -1.81. The number of rotatable bonds is 26. The average molecular weight is 1010 g/mol. The number of unbranched alkanes of at least 4 members (excludes halogenated alkanes) is 1. The zero-order chi connectivity index (χ0) is 51.2. The molecule has 73 heavy (non-hydrogen) atoms. The number of nitrogens with one attached hydrogen (secondary N) is 1. The van der Waals surface area contributed by atoms with E-state index in [9.17, 15) is 10.1 Å². The molecule has 4 aromatic carbocycles. The van der Waals surface area contributed by atoms with Crippen LogP contribution in [0.3, 0.4) is 0 Å². The third kappa shape index (κ3) is 12.9. The Hall–Kier alpha value is -5.82. The topological polar surface area (TPSA) is 164 Å². The first-order valence-corrected chi connectivity index (χ1v) is 26.0. The number of carbonyl (C=O) groups is 1. The molecule has 1 saturated heterocycles. The third-order valence-electron chi connectivity index (χ3n) is 12.8. The van der Waals surface area contributed by atoms with E-state index in [1.165, 1.54) is 12.2 Å². The van der Waals surface area contributed by atoms with Gasteiger partial charge in [-0.05, 0) is 119 Å². The van der Waals surface area contributed by atoms with Gasteiger partial charge in [0.1, 0.15) is 41.7 Å². The number of hydrogen-bond acceptors (Lipinski definition) is 13. The largest absolute Gasteiger partial charge is 0.497 e. The van der Waals surface area contributed by atoms with Gasteiger partial charge < -0.3 is 38.0 Å². The van der Waals surface area contributed by atoms with Crippen molar-refractivity contribution >= 4 is 31.4 Å². The first-order chi connectivity index (χ1) is 35.6. The number of benzene rings is 4. The van der Waals surface area contributed by atoms with Crippen LogP contribution in [-0.2, 0) is 40.1 Å². The molecule has 1 aliphatic heterocycles. The number of amides is 1. The summed E-state index contributed by atoms with van der Waals surface area (Å²) in [4.78, 5) is 27.4. The fraction of sp³-hybridized carbons (Fsp3) is 0.368. The minimum absolute atomic E-state index is 0.00188. The molecule has 1 N–H and O–H groups in total. The summed E-state index contributed by atoms with van der Waals surface area (Å²) in [7, 11) is 1.48. The van der Waals surface area contributed by atoms with Gasteiger partial charge in [0, 0.05) is 18.7 Å². The summed E-state index contributed by atoms with van der Waals surface area (Å²) in [5, 5.41) is 12.6. The number of imidazole rings is 1. The van der Waals surface area contributed by atoms with Crippen LogP contribution in [0.2, 0.25) is 0 Å². The molecule has 0 spiro atoms. The van der Waals surface area contributed by atoms with E-state index in [2.05, 4.69) is 86.6 Å². The maximum Gasteiger partial charge on any atom is 0.259 e. The van der Waals surface area contributed by atoms with E-state index in [0.29, 0.717) is 29.3 Å². The smallest absolute Gasteiger partial charge is 0.259 e. The molecule has 16 heteroatoms. The number of aromatic nitrogens is 4. The van der Waals surface area contributed by atoms with Crippen molar-refractivity contribution < 1.29 is 37.5 Å². The SMILES string of the molecule is COc1ccc(C(OC[C@H]2O[C@@H](n3cnc4c(NC(=O)Cc5ccccc5)ncnc43)[C@H](OCCCC[C]3[CH][CH][CH][CH]3)[C@@H]2OP(OCCC#N)N(C(C)C)C(C)C)(c2ccccc2)c2ccc(OC)cc2)cc1. The monoisotopic (exact) mass is 1010 g/mol. The predicted octanol–water partition coefficient (Wildman–Crippen LogP) is 10.6. The second kappa shape index (κ2) is 25.9. The van der Waals surface area contributed by atoms with E-state index < -0.39 is 38.7 Å². The molecule has 0 bridgehead atoms. The van der Waals surface area contributed by atoms with Crippen LogP contribution in [-0.4, -0.2) is 94.5 Å². The van der Waals surface area contributed by atoms with Crippen molar-refractivity contribution in [2.75, 3.05) is 39.4 Å². The van der Waals surface area contributed by atoms with E-state index >= 15 is 0 Å². The first-order valence-electron chi connectivity index (χ1n) is 24.9. The zero-order valence-electron chi connectivity index (χ0n) is 42.4. The lowest BCUT2D eigenvalue weighted by atomic mass is 9.80. The summed E-state index contributed by atoms with van der Waals surface area (Å²) >= 11 is 0. The fourth-order valence-electron chi connectivity index (χ4n) is 9.37. The van der Waals surface area contributed by atoms with Crippen molar-refractivity contribution in [3.63, 3.8) is 0 Å². The maximum atomic E-state index is 13.4. The van der Waals surface area contributed by atoms with Gasteiger partial charge in [0.05, 0.1) is 52.7 Å². The van der Waals surface area contributed by atoms with Gasteiger partial charge in [-0.3, -0.25) is 9.36 Å². The van der Waals surface area contributed by atoms with E-state index in [1.807, 2.05) is 102 Å². The third-order valence-corrected chi connectivity index (χ3v) is 14.9.